The maximum Gasteiger partial charge on any atom is 0.304 e. The average molecular weight is 255 g/mol. The van der Waals surface area contributed by atoms with Gasteiger partial charge in [-0.05, 0) is 25.1 Å². The van der Waals surface area contributed by atoms with Crippen molar-refractivity contribution in [1.82, 2.24) is 0 Å². The number of ketones is 1. The van der Waals surface area contributed by atoms with Crippen LogP contribution in [0.1, 0.15) is 23.7 Å². The molecule has 5 heteroatoms. The number of ether oxygens (including phenoxy) is 1. The molecule has 1 atom stereocenters. The molecule has 0 bridgehead atoms. The third-order valence-corrected chi connectivity index (χ3v) is 3.06. The van der Waals surface area contributed by atoms with E-state index in [2.05, 4.69) is 0 Å². The van der Waals surface area contributed by atoms with Crippen LogP contribution >= 0.6 is 11.6 Å². The summed E-state index contributed by atoms with van der Waals surface area (Å²) in [5, 5.41) is 9.25. The van der Waals surface area contributed by atoms with Gasteiger partial charge in [0.1, 0.15) is 12.4 Å². The Bertz CT molecular complexity index is 497. The van der Waals surface area contributed by atoms with Crippen LogP contribution in [0.5, 0.6) is 5.75 Å². The summed E-state index contributed by atoms with van der Waals surface area (Å²) in [4.78, 5) is 23.0. The lowest BCUT2D eigenvalue weighted by atomic mass is 9.78. The molecular formula is C12H11ClO4. The van der Waals surface area contributed by atoms with E-state index < -0.39 is 11.4 Å². The molecule has 0 amide bonds. The van der Waals surface area contributed by atoms with Crippen molar-refractivity contribution in [3.8, 4) is 5.75 Å². The summed E-state index contributed by atoms with van der Waals surface area (Å²) in [6, 6.07) is 4.77. The number of halogens is 1. The highest BCUT2D eigenvalue weighted by atomic mass is 35.5. The summed E-state index contributed by atoms with van der Waals surface area (Å²) >= 11 is 5.82. The molecule has 1 heterocycles. The van der Waals surface area contributed by atoms with E-state index in [1.807, 2.05) is 0 Å². The summed E-state index contributed by atoms with van der Waals surface area (Å²) in [7, 11) is 0. The molecule has 2 rings (SSSR count). The first-order chi connectivity index (χ1) is 7.92. The number of hydrogen-bond acceptors (Lipinski definition) is 3. The van der Waals surface area contributed by atoms with Crippen molar-refractivity contribution in [3.05, 3.63) is 28.8 Å². The Morgan fingerprint density at radius 2 is 2.29 bits per heavy atom. The first-order valence-electron chi connectivity index (χ1n) is 5.11. The third kappa shape index (κ3) is 2.13. The lowest BCUT2D eigenvalue weighted by Gasteiger charge is -2.32. The van der Waals surface area contributed by atoms with Gasteiger partial charge in [-0.25, -0.2) is 0 Å². The number of carbonyl (C=O) groups is 2. The molecule has 1 N–H and O–H groups in total. The lowest BCUT2D eigenvalue weighted by molar-refractivity contribution is -0.139. The first-order valence-corrected chi connectivity index (χ1v) is 5.49. The van der Waals surface area contributed by atoms with Gasteiger partial charge in [-0.15, -0.1) is 0 Å². The Hall–Kier alpha value is -1.55. The predicted molar refractivity (Wildman–Crippen MR) is 61.6 cm³/mol. The normalized spacial score (nSPS) is 22.8. The molecule has 1 unspecified atom stereocenters. The zero-order valence-corrected chi connectivity index (χ0v) is 9.95. The van der Waals surface area contributed by atoms with E-state index in [0.29, 0.717) is 16.3 Å². The van der Waals surface area contributed by atoms with Crippen molar-refractivity contribution >= 4 is 23.4 Å². The number of fused-ring (bicyclic) bond motifs is 1. The van der Waals surface area contributed by atoms with Crippen LogP contribution in [0.4, 0.5) is 0 Å². The predicted octanol–water partition coefficient (Wildman–Crippen LogP) is 2.40. The first kappa shape index (κ1) is 11.9. The molecular weight excluding hydrogens is 244 g/mol. The smallest absolute Gasteiger partial charge is 0.304 e. The molecule has 17 heavy (non-hydrogen) atoms. The maximum absolute atomic E-state index is 12.2. The van der Waals surface area contributed by atoms with Gasteiger partial charge in [0.05, 0.1) is 17.4 Å². The topological polar surface area (TPSA) is 63.6 Å². The molecule has 1 aliphatic heterocycles. The van der Waals surface area contributed by atoms with E-state index in [-0.39, 0.29) is 18.8 Å². The number of carboxylic acids is 1. The molecule has 1 aromatic rings. The second kappa shape index (κ2) is 4.04. The number of aliphatic carboxylic acids is 1. The van der Waals surface area contributed by atoms with Crippen LogP contribution in [-0.2, 0) is 4.79 Å². The van der Waals surface area contributed by atoms with Gasteiger partial charge in [-0.3, -0.25) is 9.59 Å². The zero-order chi connectivity index (χ0) is 12.6. The molecule has 90 valence electrons. The van der Waals surface area contributed by atoms with Gasteiger partial charge >= 0.3 is 5.97 Å². The Kier molecular flexibility index (Phi) is 2.83. The van der Waals surface area contributed by atoms with E-state index in [9.17, 15) is 9.59 Å². The van der Waals surface area contributed by atoms with Crippen LogP contribution < -0.4 is 4.74 Å². The zero-order valence-electron chi connectivity index (χ0n) is 9.20. The summed E-state index contributed by atoms with van der Waals surface area (Å²) in [6.45, 7) is 1.67. The molecule has 0 fully saturated rings. The molecule has 4 nitrogen and oxygen atoms in total. The van der Waals surface area contributed by atoms with E-state index in [1.165, 1.54) is 6.07 Å². The van der Waals surface area contributed by atoms with Gasteiger partial charge in [0, 0.05) is 5.02 Å². The molecule has 1 aliphatic rings. The Morgan fingerprint density at radius 1 is 1.59 bits per heavy atom. The molecule has 0 aromatic heterocycles. The minimum absolute atomic E-state index is 0.0762. The number of Topliss-reactive ketones (excluding diaryl/α,β-unsaturated/α-hetero) is 1. The summed E-state index contributed by atoms with van der Waals surface area (Å²) < 4.78 is 5.42. The van der Waals surface area contributed by atoms with Crippen LogP contribution in [0.2, 0.25) is 5.02 Å². The standard InChI is InChI=1S/C12H11ClO4/c1-12(5-10(14)15)6-17-9-3-2-7(13)4-8(9)11(12)16/h2-4H,5-6H2,1H3,(H,14,15). The van der Waals surface area contributed by atoms with Crippen molar-refractivity contribution < 1.29 is 19.4 Å². The minimum atomic E-state index is -1.02. The van der Waals surface area contributed by atoms with Gasteiger partial charge in [-0.2, -0.15) is 0 Å². The van der Waals surface area contributed by atoms with Gasteiger partial charge in [0.25, 0.3) is 0 Å². The Morgan fingerprint density at radius 3 is 2.94 bits per heavy atom. The van der Waals surface area contributed by atoms with E-state index in [4.69, 9.17) is 21.4 Å². The second-order valence-electron chi connectivity index (χ2n) is 4.39. The minimum Gasteiger partial charge on any atom is -0.492 e. The highest BCUT2D eigenvalue weighted by molar-refractivity contribution is 6.31. The molecule has 0 radical (unpaired) electrons. The maximum atomic E-state index is 12.2. The average Bonchev–Trinajstić information content (AvgIpc) is 2.24. The molecule has 1 aromatic carbocycles. The fourth-order valence-electron chi connectivity index (χ4n) is 1.90. The number of benzene rings is 1. The fourth-order valence-corrected chi connectivity index (χ4v) is 2.07. The fraction of sp³-hybridized carbons (Fsp3) is 0.333. The number of hydrogen-bond donors (Lipinski definition) is 1. The molecule has 0 saturated carbocycles. The van der Waals surface area contributed by atoms with Crippen molar-refractivity contribution in [3.63, 3.8) is 0 Å². The van der Waals surface area contributed by atoms with Crippen LogP contribution in [0.15, 0.2) is 18.2 Å². The van der Waals surface area contributed by atoms with Crippen molar-refractivity contribution in [2.75, 3.05) is 6.61 Å². The number of carbonyl (C=O) groups excluding carboxylic acids is 1. The lowest BCUT2D eigenvalue weighted by Crippen LogP contribution is -2.40. The summed E-state index contributed by atoms with van der Waals surface area (Å²) in [5.41, 5.74) is -0.670. The number of carboxylic acid groups (broad SMARTS) is 1. The highest BCUT2D eigenvalue weighted by Gasteiger charge is 2.41. The Balaban J connectivity index is 2.41. The molecule has 0 saturated heterocycles. The summed E-state index contributed by atoms with van der Waals surface area (Å²) in [5.74, 6) is -0.791. The van der Waals surface area contributed by atoms with Crippen molar-refractivity contribution in [2.24, 2.45) is 5.41 Å². The van der Waals surface area contributed by atoms with Crippen LogP contribution in [-0.4, -0.2) is 23.5 Å². The SMILES string of the molecule is CC1(CC(=O)O)COc2ccc(Cl)cc2C1=O. The molecule has 0 spiro atoms. The van der Waals surface area contributed by atoms with Gasteiger partial charge in [-0.1, -0.05) is 11.6 Å². The van der Waals surface area contributed by atoms with E-state index >= 15 is 0 Å². The van der Waals surface area contributed by atoms with Crippen LogP contribution in [0, 0.1) is 5.41 Å². The largest absolute Gasteiger partial charge is 0.492 e. The number of rotatable bonds is 2. The summed E-state index contributed by atoms with van der Waals surface area (Å²) in [6.07, 6.45) is -0.252. The van der Waals surface area contributed by atoms with Gasteiger partial charge in [0.15, 0.2) is 5.78 Å². The molecule has 0 aliphatic carbocycles. The monoisotopic (exact) mass is 254 g/mol. The Labute approximate surface area is 103 Å². The van der Waals surface area contributed by atoms with Gasteiger partial charge < -0.3 is 9.84 Å². The van der Waals surface area contributed by atoms with Crippen LogP contribution in [0.3, 0.4) is 0 Å². The quantitative estimate of drug-likeness (QED) is 0.880. The van der Waals surface area contributed by atoms with E-state index in [1.54, 1.807) is 19.1 Å². The van der Waals surface area contributed by atoms with Crippen molar-refractivity contribution in [1.29, 1.82) is 0 Å². The second-order valence-corrected chi connectivity index (χ2v) is 4.83. The van der Waals surface area contributed by atoms with Crippen LogP contribution in [0.25, 0.3) is 0 Å². The highest BCUT2D eigenvalue weighted by Crippen LogP contribution is 2.37. The van der Waals surface area contributed by atoms with E-state index in [0.717, 1.165) is 0 Å². The third-order valence-electron chi connectivity index (χ3n) is 2.82. The van der Waals surface area contributed by atoms with Gasteiger partial charge in [0.2, 0.25) is 0 Å². The van der Waals surface area contributed by atoms with Crippen molar-refractivity contribution in [2.45, 2.75) is 13.3 Å².